The molecule has 27 heavy (non-hydrogen) atoms. The van der Waals surface area contributed by atoms with Crippen molar-refractivity contribution in [2.75, 3.05) is 11.9 Å². The first-order valence-corrected chi connectivity index (χ1v) is 8.12. The van der Waals surface area contributed by atoms with Gasteiger partial charge in [0.1, 0.15) is 17.3 Å². The molecule has 0 unspecified atom stereocenters. The molecule has 1 aliphatic heterocycles. The number of carbonyl (C=O) groups excluding carboxylic acids is 1. The summed E-state index contributed by atoms with van der Waals surface area (Å²) in [7, 11) is 0. The number of nitrogens with one attached hydrogen (secondary N) is 1. The van der Waals surface area contributed by atoms with Crippen molar-refractivity contribution in [2.24, 2.45) is 0 Å². The molecule has 0 atom stereocenters. The molecule has 2 aromatic carbocycles. The molecule has 3 aromatic rings. The summed E-state index contributed by atoms with van der Waals surface area (Å²) in [5.74, 6) is -3.40. The quantitative estimate of drug-likeness (QED) is 0.751. The van der Waals surface area contributed by atoms with Crippen LogP contribution in [0.15, 0.2) is 48.5 Å². The fraction of sp³-hybridized carbons (Fsp3) is 0.158. The number of benzene rings is 2. The number of carbonyl (C=O) groups is 1. The number of fused-ring (bicyclic) bond motifs is 1. The minimum Gasteiger partial charge on any atom is -0.482 e. The Morgan fingerprint density at radius 2 is 1.89 bits per heavy atom. The Labute approximate surface area is 152 Å². The van der Waals surface area contributed by atoms with Crippen molar-refractivity contribution < 1.29 is 22.7 Å². The molecule has 4 rings (SSSR count). The molecule has 1 aromatic heterocycles. The first-order valence-electron chi connectivity index (χ1n) is 8.12. The predicted molar refractivity (Wildman–Crippen MR) is 92.7 cm³/mol. The number of aromatic nitrogens is 2. The van der Waals surface area contributed by atoms with Crippen molar-refractivity contribution in [2.45, 2.75) is 12.8 Å². The number of anilines is 1. The van der Waals surface area contributed by atoms with Crippen LogP contribution in [0.4, 0.5) is 18.9 Å². The third-order valence-electron chi connectivity index (χ3n) is 4.14. The van der Waals surface area contributed by atoms with Gasteiger partial charge in [-0.1, -0.05) is 0 Å². The number of rotatable bonds is 3. The van der Waals surface area contributed by atoms with Gasteiger partial charge >= 0.3 is 0 Å². The Hall–Kier alpha value is -3.29. The standard InChI is InChI=1S/C19H14F3N3O2/c1-19(21,22)17-9-15(25(24-17)13-5-3-12(20)4-6-13)11-2-7-16-14(8-11)23-18(26)10-27-16/h2-9H,10H2,1H3,(H,23,26). The Bertz CT molecular complexity index is 1020. The van der Waals surface area contributed by atoms with Crippen LogP contribution in [0.3, 0.4) is 0 Å². The topological polar surface area (TPSA) is 56.1 Å². The van der Waals surface area contributed by atoms with Crippen LogP contribution < -0.4 is 10.1 Å². The molecule has 0 radical (unpaired) electrons. The lowest BCUT2D eigenvalue weighted by Crippen LogP contribution is -2.25. The number of alkyl halides is 2. The van der Waals surface area contributed by atoms with E-state index < -0.39 is 17.4 Å². The molecular weight excluding hydrogens is 359 g/mol. The lowest BCUT2D eigenvalue weighted by atomic mass is 10.1. The van der Waals surface area contributed by atoms with Crippen molar-refractivity contribution in [1.29, 1.82) is 0 Å². The average Bonchev–Trinajstić information content (AvgIpc) is 3.07. The van der Waals surface area contributed by atoms with Gasteiger partial charge in [0, 0.05) is 12.5 Å². The summed E-state index contributed by atoms with van der Waals surface area (Å²) in [5, 5.41) is 6.69. The second-order valence-corrected chi connectivity index (χ2v) is 6.24. The molecule has 0 fully saturated rings. The van der Waals surface area contributed by atoms with E-state index in [1.54, 1.807) is 18.2 Å². The summed E-state index contributed by atoms with van der Waals surface area (Å²) in [6, 6.07) is 11.6. The largest absolute Gasteiger partial charge is 0.482 e. The van der Waals surface area contributed by atoms with E-state index >= 15 is 0 Å². The first-order chi connectivity index (χ1) is 12.8. The molecule has 0 saturated carbocycles. The summed E-state index contributed by atoms with van der Waals surface area (Å²) in [6.45, 7) is 0.682. The van der Waals surface area contributed by atoms with Crippen molar-refractivity contribution in [3.05, 3.63) is 60.0 Å². The van der Waals surface area contributed by atoms with Gasteiger partial charge in [-0.2, -0.15) is 13.9 Å². The Kier molecular flexibility index (Phi) is 3.91. The Morgan fingerprint density at radius 3 is 2.59 bits per heavy atom. The number of hydrogen-bond acceptors (Lipinski definition) is 3. The zero-order valence-electron chi connectivity index (χ0n) is 14.2. The van der Waals surface area contributed by atoms with Gasteiger partial charge in [-0.3, -0.25) is 4.79 Å². The second kappa shape index (κ2) is 6.15. The van der Waals surface area contributed by atoms with Crippen molar-refractivity contribution in [1.82, 2.24) is 9.78 Å². The minimum atomic E-state index is -3.15. The maximum absolute atomic E-state index is 13.9. The SMILES string of the molecule is CC(F)(F)c1cc(-c2ccc3c(c2)NC(=O)CO3)n(-c2ccc(F)cc2)n1. The van der Waals surface area contributed by atoms with Crippen molar-refractivity contribution in [3.8, 4) is 22.7 Å². The van der Waals surface area contributed by atoms with Gasteiger partial charge in [0.05, 0.1) is 17.1 Å². The molecule has 1 N–H and O–H groups in total. The van der Waals surface area contributed by atoms with E-state index in [2.05, 4.69) is 10.4 Å². The highest BCUT2D eigenvalue weighted by atomic mass is 19.3. The second-order valence-electron chi connectivity index (χ2n) is 6.24. The van der Waals surface area contributed by atoms with Crippen LogP contribution in [0.25, 0.3) is 16.9 Å². The third kappa shape index (κ3) is 3.25. The number of hydrogen-bond donors (Lipinski definition) is 1. The predicted octanol–water partition coefficient (Wildman–Crippen LogP) is 4.12. The molecule has 0 saturated heterocycles. The lowest BCUT2D eigenvalue weighted by Gasteiger charge is -2.18. The molecular formula is C19H14F3N3O2. The summed E-state index contributed by atoms with van der Waals surface area (Å²) in [5.41, 5.74) is 1.38. The maximum atomic E-state index is 13.9. The molecule has 0 aliphatic carbocycles. The van der Waals surface area contributed by atoms with Crippen molar-refractivity contribution in [3.63, 3.8) is 0 Å². The zero-order chi connectivity index (χ0) is 19.2. The highest BCUT2D eigenvalue weighted by Gasteiger charge is 2.30. The van der Waals surface area contributed by atoms with Crippen LogP contribution in [0.2, 0.25) is 0 Å². The summed E-state index contributed by atoms with van der Waals surface area (Å²) >= 11 is 0. The van der Waals surface area contributed by atoms with E-state index in [0.29, 0.717) is 28.4 Å². The number of nitrogens with zero attached hydrogens (tertiary/aromatic N) is 2. The molecule has 138 valence electrons. The van der Waals surface area contributed by atoms with Gasteiger partial charge in [0.2, 0.25) is 0 Å². The average molecular weight is 373 g/mol. The summed E-state index contributed by atoms with van der Waals surface area (Å²) in [4.78, 5) is 11.5. The van der Waals surface area contributed by atoms with E-state index in [1.807, 2.05) is 0 Å². The van der Waals surface area contributed by atoms with Gasteiger partial charge in [-0.15, -0.1) is 0 Å². The highest BCUT2D eigenvalue weighted by Crippen LogP contribution is 2.36. The Morgan fingerprint density at radius 1 is 1.15 bits per heavy atom. The van der Waals surface area contributed by atoms with Crippen LogP contribution in [0, 0.1) is 5.82 Å². The molecule has 2 heterocycles. The normalized spacial score (nSPS) is 13.7. The van der Waals surface area contributed by atoms with Crippen LogP contribution in [-0.2, 0) is 10.7 Å². The molecule has 1 amide bonds. The van der Waals surface area contributed by atoms with Gasteiger partial charge in [-0.25, -0.2) is 9.07 Å². The highest BCUT2D eigenvalue weighted by molar-refractivity contribution is 5.96. The summed E-state index contributed by atoms with van der Waals surface area (Å²) in [6.07, 6.45) is 0. The van der Waals surface area contributed by atoms with E-state index in [0.717, 1.165) is 6.92 Å². The molecule has 5 nitrogen and oxygen atoms in total. The Balaban J connectivity index is 1.86. The third-order valence-corrected chi connectivity index (χ3v) is 4.14. The zero-order valence-corrected chi connectivity index (χ0v) is 14.2. The molecule has 0 bridgehead atoms. The lowest BCUT2D eigenvalue weighted by molar-refractivity contribution is -0.118. The fourth-order valence-electron chi connectivity index (χ4n) is 2.82. The smallest absolute Gasteiger partial charge is 0.288 e. The first kappa shape index (κ1) is 17.1. The van der Waals surface area contributed by atoms with Crippen LogP contribution >= 0.6 is 0 Å². The monoisotopic (exact) mass is 373 g/mol. The van der Waals surface area contributed by atoms with Crippen LogP contribution in [-0.4, -0.2) is 22.3 Å². The van der Waals surface area contributed by atoms with Crippen molar-refractivity contribution >= 4 is 11.6 Å². The fourth-order valence-corrected chi connectivity index (χ4v) is 2.82. The van der Waals surface area contributed by atoms with E-state index in [4.69, 9.17) is 4.74 Å². The summed E-state index contributed by atoms with van der Waals surface area (Å²) < 4.78 is 47.6. The van der Waals surface area contributed by atoms with E-state index in [9.17, 15) is 18.0 Å². The van der Waals surface area contributed by atoms with Gasteiger partial charge in [0.25, 0.3) is 11.8 Å². The van der Waals surface area contributed by atoms with E-state index in [1.165, 1.54) is 35.0 Å². The van der Waals surface area contributed by atoms with Gasteiger partial charge in [0.15, 0.2) is 6.61 Å². The van der Waals surface area contributed by atoms with E-state index in [-0.39, 0.29) is 12.5 Å². The van der Waals surface area contributed by atoms with Gasteiger partial charge in [-0.05, 0) is 48.5 Å². The van der Waals surface area contributed by atoms with Crippen LogP contribution in [0.5, 0.6) is 5.75 Å². The molecule has 1 aliphatic rings. The van der Waals surface area contributed by atoms with Crippen LogP contribution in [0.1, 0.15) is 12.6 Å². The number of amides is 1. The van der Waals surface area contributed by atoms with Gasteiger partial charge < -0.3 is 10.1 Å². The number of halogens is 3. The maximum Gasteiger partial charge on any atom is 0.288 e. The molecule has 8 heteroatoms. The number of ether oxygens (including phenoxy) is 1. The minimum absolute atomic E-state index is 0.0773. The molecule has 0 spiro atoms.